The second-order valence-corrected chi connectivity index (χ2v) is 6.62. The lowest BCUT2D eigenvalue weighted by atomic mass is 9.98. The second kappa shape index (κ2) is 6.33. The molecule has 0 aliphatic carbocycles. The highest BCUT2D eigenvalue weighted by Gasteiger charge is 2.38. The van der Waals surface area contributed by atoms with Gasteiger partial charge in [0.2, 0.25) is 0 Å². The zero-order valence-corrected chi connectivity index (χ0v) is 14.0. The van der Waals surface area contributed by atoms with Crippen LogP contribution in [0.4, 0.5) is 0 Å². The van der Waals surface area contributed by atoms with E-state index in [4.69, 9.17) is 9.47 Å². The number of fused-ring (bicyclic) bond motifs is 2. The molecule has 3 heteroatoms. The lowest BCUT2D eigenvalue weighted by Gasteiger charge is -2.38. The minimum Gasteiger partial charge on any atom is -0.494 e. The molecule has 0 aromatic heterocycles. The van der Waals surface area contributed by atoms with Crippen molar-refractivity contribution >= 4 is 5.70 Å². The van der Waals surface area contributed by atoms with Gasteiger partial charge in [-0.05, 0) is 37.3 Å². The number of benzene rings is 1. The van der Waals surface area contributed by atoms with Crippen LogP contribution in [0, 0.1) is 0 Å². The van der Waals surface area contributed by atoms with Gasteiger partial charge in [-0.1, -0.05) is 32.6 Å². The SMILES string of the molecule is C=C(c1ccc(C(C)C)c(OCC)c1)N1C2CCC1COC2. The average molecular weight is 301 g/mol. The number of ether oxygens (including phenoxy) is 2. The van der Waals surface area contributed by atoms with Crippen LogP contribution in [0.15, 0.2) is 24.8 Å². The summed E-state index contributed by atoms with van der Waals surface area (Å²) in [6.07, 6.45) is 2.43. The molecule has 2 fully saturated rings. The van der Waals surface area contributed by atoms with Crippen LogP contribution in [0.3, 0.4) is 0 Å². The molecule has 0 amide bonds. The van der Waals surface area contributed by atoms with E-state index < -0.39 is 0 Å². The van der Waals surface area contributed by atoms with Crippen molar-refractivity contribution in [1.29, 1.82) is 0 Å². The Morgan fingerprint density at radius 2 is 2.00 bits per heavy atom. The molecule has 0 spiro atoms. The van der Waals surface area contributed by atoms with E-state index in [-0.39, 0.29) is 0 Å². The van der Waals surface area contributed by atoms with Gasteiger partial charge in [0.1, 0.15) is 5.75 Å². The van der Waals surface area contributed by atoms with Crippen LogP contribution >= 0.6 is 0 Å². The Labute approximate surface area is 133 Å². The number of morpholine rings is 1. The van der Waals surface area contributed by atoms with E-state index >= 15 is 0 Å². The Hall–Kier alpha value is -1.48. The highest BCUT2D eigenvalue weighted by Crippen LogP contribution is 2.37. The van der Waals surface area contributed by atoms with Crippen molar-refractivity contribution in [3.63, 3.8) is 0 Å². The fourth-order valence-electron chi connectivity index (χ4n) is 3.69. The molecule has 2 aliphatic heterocycles. The zero-order valence-electron chi connectivity index (χ0n) is 14.0. The third-order valence-corrected chi connectivity index (χ3v) is 4.82. The van der Waals surface area contributed by atoms with Crippen LogP contribution in [0.5, 0.6) is 5.75 Å². The summed E-state index contributed by atoms with van der Waals surface area (Å²) in [6.45, 7) is 13.2. The summed E-state index contributed by atoms with van der Waals surface area (Å²) in [5.74, 6) is 1.46. The summed E-state index contributed by atoms with van der Waals surface area (Å²) in [7, 11) is 0. The minimum absolute atomic E-state index is 0.462. The van der Waals surface area contributed by atoms with Crippen molar-refractivity contribution in [2.24, 2.45) is 0 Å². The van der Waals surface area contributed by atoms with Gasteiger partial charge in [0.25, 0.3) is 0 Å². The highest BCUT2D eigenvalue weighted by molar-refractivity contribution is 5.65. The molecule has 2 saturated heterocycles. The summed E-state index contributed by atoms with van der Waals surface area (Å²) in [5, 5.41) is 0. The molecular weight excluding hydrogens is 274 g/mol. The van der Waals surface area contributed by atoms with Gasteiger partial charge >= 0.3 is 0 Å². The van der Waals surface area contributed by atoms with E-state index in [1.54, 1.807) is 0 Å². The highest BCUT2D eigenvalue weighted by atomic mass is 16.5. The Balaban J connectivity index is 1.88. The van der Waals surface area contributed by atoms with Crippen molar-refractivity contribution < 1.29 is 9.47 Å². The maximum Gasteiger partial charge on any atom is 0.123 e. The fourth-order valence-corrected chi connectivity index (χ4v) is 3.69. The van der Waals surface area contributed by atoms with Crippen LogP contribution in [0.1, 0.15) is 50.7 Å². The van der Waals surface area contributed by atoms with E-state index in [0.29, 0.717) is 24.6 Å². The third-order valence-electron chi connectivity index (χ3n) is 4.82. The summed E-state index contributed by atoms with van der Waals surface area (Å²) in [6, 6.07) is 7.53. The van der Waals surface area contributed by atoms with Crippen molar-refractivity contribution in [2.75, 3.05) is 19.8 Å². The molecule has 2 aliphatic rings. The summed E-state index contributed by atoms with van der Waals surface area (Å²) in [5.41, 5.74) is 3.56. The maximum absolute atomic E-state index is 5.86. The number of hydrogen-bond donors (Lipinski definition) is 0. The van der Waals surface area contributed by atoms with Crippen LogP contribution in [0.25, 0.3) is 5.70 Å². The molecule has 3 nitrogen and oxygen atoms in total. The van der Waals surface area contributed by atoms with Crippen molar-refractivity contribution in [3.05, 3.63) is 35.9 Å². The molecule has 0 saturated carbocycles. The van der Waals surface area contributed by atoms with Gasteiger partial charge in [-0.25, -0.2) is 0 Å². The summed E-state index contributed by atoms with van der Waals surface area (Å²) >= 11 is 0. The van der Waals surface area contributed by atoms with E-state index in [1.165, 1.54) is 24.0 Å². The number of nitrogens with zero attached hydrogens (tertiary/aromatic N) is 1. The quantitative estimate of drug-likeness (QED) is 0.819. The third kappa shape index (κ3) is 2.74. The molecule has 0 radical (unpaired) electrons. The maximum atomic E-state index is 5.86. The number of hydrogen-bond acceptors (Lipinski definition) is 3. The predicted octanol–water partition coefficient (Wildman–Crippen LogP) is 4.04. The van der Waals surface area contributed by atoms with Gasteiger partial charge in [0, 0.05) is 11.3 Å². The first-order valence-electron chi connectivity index (χ1n) is 8.44. The normalized spacial score (nSPS) is 23.9. The van der Waals surface area contributed by atoms with Crippen LogP contribution < -0.4 is 4.74 Å². The molecule has 120 valence electrons. The molecule has 1 aromatic rings. The van der Waals surface area contributed by atoms with Crippen LogP contribution in [0.2, 0.25) is 0 Å². The molecule has 3 rings (SSSR count). The fraction of sp³-hybridized carbons (Fsp3) is 0.579. The molecule has 2 unspecified atom stereocenters. The van der Waals surface area contributed by atoms with Crippen molar-refractivity contribution in [3.8, 4) is 5.75 Å². The molecule has 1 aromatic carbocycles. The van der Waals surface area contributed by atoms with E-state index in [2.05, 4.69) is 43.5 Å². The van der Waals surface area contributed by atoms with Gasteiger partial charge in [0.05, 0.1) is 31.9 Å². The van der Waals surface area contributed by atoms with E-state index in [9.17, 15) is 0 Å². The topological polar surface area (TPSA) is 21.7 Å². The first-order valence-corrected chi connectivity index (χ1v) is 8.44. The Morgan fingerprint density at radius 1 is 1.32 bits per heavy atom. The van der Waals surface area contributed by atoms with Crippen LogP contribution in [-0.2, 0) is 4.74 Å². The van der Waals surface area contributed by atoms with E-state index in [1.807, 2.05) is 6.92 Å². The molecular formula is C19H27NO2. The minimum atomic E-state index is 0.462. The Kier molecular flexibility index (Phi) is 4.44. The van der Waals surface area contributed by atoms with Gasteiger partial charge in [-0.15, -0.1) is 0 Å². The second-order valence-electron chi connectivity index (χ2n) is 6.62. The van der Waals surface area contributed by atoms with E-state index in [0.717, 1.165) is 24.7 Å². The Bertz CT molecular complexity index is 536. The van der Waals surface area contributed by atoms with Gasteiger partial charge in [-0.3, -0.25) is 0 Å². The molecule has 0 N–H and O–H groups in total. The zero-order chi connectivity index (χ0) is 15.7. The van der Waals surface area contributed by atoms with Crippen molar-refractivity contribution in [2.45, 2.75) is 51.6 Å². The van der Waals surface area contributed by atoms with Gasteiger partial charge < -0.3 is 14.4 Å². The standard InChI is InChI=1S/C19H27NO2/c1-5-22-19-10-15(6-9-18(19)13(2)3)14(4)20-16-7-8-17(20)12-21-11-16/h6,9-10,13,16-17H,4-5,7-8,11-12H2,1-3H3. The Morgan fingerprint density at radius 3 is 2.59 bits per heavy atom. The lowest BCUT2D eigenvalue weighted by molar-refractivity contribution is 0.0156. The van der Waals surface area contributed by atoms with Gasteiger partial charge in [-0.2, -0.15) is 0 Å². The monoisotopic (exact) mass is 301 g/mol. The number of rotatable bonds is 5. The predicted molar refractivity (Wildman–Crippen MR) is 90.2 cm³/mol. The average Bonchev–Trinajstić information content (AvgIpc) is 2.75. The summed E-state index contributed by atoms with van der Waals surface area (Å²) in [4.78, 5) is 2.48. The summed E-state index contributed by atoms with van der Waals surface area (Å²) < 4.78 is 11.5. The molecule has 2 bridgehead atoms. The molecule has 22 heavy (non-hydrogen) atoms. The first kappa shape index (κ1) is 15.4. The van der Waals surface area contributed by atoms with Crippen molar-refractivity contribution in [1.82, 2.24) is 4.90 Å². The smallest absolute Gasteiger partial charge is 0.123 e. The molecule has 2 heterocycles. The van der Waals surface area contributed by atoms with Gasteiger partial charge in [0.15, 0.2) is 0 Å². The lowest BCUT2D eigenvalue weighted by Crippen LogP contribution is -2.44. The first-order chi connectivity index (χ1) is 10.6. The van der Waals surface area contributed by atoms with Crippen LogP contribution in [-0.4, -0.2) is 36.8 Å². The largest absolute Gasteiger partial charge is 0.494 e. The molecule has 2 atom stereocenters.